The van der Waals surface area contributed by atoms with Gasteiger partial charge >= 0.3 is 0 Å². The van der Waals surface area contributed by atoms with Crippen LogP contribution in [0.4, 0.5) is 0 Å². The maximum absolute atomic E-state index is 13.7. The summed E-state index contributed by atoms with van der Waals surface area (Å²) in [5, 5.41) is 53.7. The van der Waals surface area contributed by atoms with E-state index in [1.807, 2.05) is 0 Å². The van der Waals surface area contributed by atoms with E-state index < -0.39 is 101 Å². The predicted molar refractivity (Wildman–Crippen MR) is 135 cm³/mol. The summed E-state index contributed by atoms with van der Waals surface area (Å²) in [6.07, 6.45) is -5.32. The molecule has 0 bridgehead atoms. The number of hydrogen-bond acceptors (Lipinski definition) is 12. The van der Waals surface area contributed by atoms with Crippen LogP contribution >= 0.6 is 0 Å². The topological polar surface area (TPSA) is 214 Å². The molecule has 2 aliphatic carbocycles. The molecule has 2 aromatic rings. The van der Waals surface area contributed by atoms with E-state index in [1.165, 1.54) is 25.1 Å². The Morgan fingerprint density at radius 3 is 2.42 bits per heavy atom. The SMILES string of the molecule is CC(=O)c1cccc2c1C(=O)c1c(O)c3c(c(O)c1C2=O)C[C@@](O)(C(=O)CO)C[C@@H]3OC1CC(N)C(O)C(C)O1. The number of phenolic OH excluding ortho intramolecular Hbond substituents is 2. The van der Waals surface area contributed by atoms with Crippen LogP contribution in [0.1, 0.15) is 86.1 Å². The molecule has 4 unspecified atom stereocenters. The first-order valence-electron chi connectivity index (χ1n) is 12.8. The van der Waals surface area contributed by atoms with Crippen LogP contribution in [0.2, 0.25) is 0 Å². The molecule has 40 heavy (non-hydrogen) atoms. The number of rotatable bonds is 5. The first-order chi connectivity index (χ1) is 18.8. The van der Waals surface area contributed by atoms with Gasteiger partial charge in [0.05, 0.1) is 29.4 Å². The molecule has 3 aliphatic rings. The molecule has 6 atom stereocenters. The maximum Gasteiger partial charge on any atom is 0.199 e. The zero-order chi connectivity index (χ0) is 29.3. The van der Waals surface area contributed by atoms with Gasteiger partial charge < -0.3 is 40.7 Å². The van der Waals surface area contributed by atoms with Gasteiger partial charge in [-0.1, -0.05) is 18.2 Å². The molecule has 5 rings (SSSR count). The molecule has 1 saturated heterocycles. The minimum atomic E-state index is -2.27. The lowest BCUT2D eigenvalue weighted by atomic mass is 9.71. The van der Waals surface area contributed by atoms with Crippen molar-refractivity contribution >= 4 is 23.1 Å². The Kier molecular flexibility index (Phi) is 6.89. The second-order valence-corrected chi connectivity index (χ2v) is 10.6. The lowest BCUT2D eigenvalue weighted by Crippen LogP contribution is -2.53. The van der Waals surface area contributed by atoms with Gasteiger partial charge in [-0.25, -0.2) is 0 Å². The summed E-state index contributed by atoms with van der Waals surface area (Å²) in [6.45, 7) is 1.75. The van der Waals surface area contributed by atoms with E-state index in [0.29, 0.717) is 0 Å². The molecule has 1 aliphatic heterocycles. The number of phenols is 2. The fourth-order valence-electron chi connectivity index (χ4n) is 5.91. The van der Waals surface area contributed by atoms with Crippen LogP contribution in [0.5, 0.6) is 11.5 Å². The second kappa shape index (κ2) is 9.84. The fraction of sp³-hybridized carbons (Fsp3) is 0.429. The second-order valence-electron chi connectivity index (χ2n) is 10.6. The average molecular weight is 556 g/mol. The van der Waals surface area contributed by atoms with Crippen molar-refractivity contribution in [1.29, 1.82) is 0 Å². The summed E-state index contributed by atoms with van der Waals surface area (Å²) in [5.41, 5.74) is 1.86. The van der Waals surface area contributed by atoms with E-state index in [0.717, 1.165) is 0 Å². The Bertz CT molecular complexity index is 1450. The number of Topliss-reactive ketones (excluding diaryl/α,β-unsaturated/α-hetero) is 2. The molecular formula is C28H29NO11. The zero-order valence-electron chi connectivity index (χ0n) is 21.7. The molecule has 7 N–H and O–H groups in total. The molecular weight excluding hydrogens is 526 g/mol. The fourth-order valence-corrected chi connectivity index (χ4v) is 5.91. The Morgan fingerprint density at radius 1 is 1.12 bits per heavy atom. The van der Waals surface area contributed by atoms with E-state index in [4.69, 9.17) is 15.2 Å². The monoisotopic (exact) mass is 555 g/mol. The minimum absolute atomic E-state index is 0.00579. The largest absolute Gasteiger partial charge is 0.507 e. The van der Waals surface area contributed by atoms with Crippen molar-refractivity contribution < 1.29 is 54.2 Å². The molecule has 12 nitrogen and oxygen atoms in total. The van der Waals surface area contributed by atoms with Crippen LogP contribution in [0, 0.1) is 0 Å². The van der Waals surface area contributed by atoms with E-state index in [2.05, 4.69) is 0 Å². The highest BCUT2D eigenvalue weighted by Crippen LogP contribution is 2.52. The molecule has 2 aromatic carbocycles. The first kappa shape index (κ1) is 28.0. The Balaban J connectivity index is 1.70. The highest BCUT2D eigenvalue weighted by atomic mass is 16.7. The number of ketones is 4. The molecule has 0 radical (unpaired) electrons. The van der Waals surface area contributed by atoms with Crippen molar-refractivity contribution in [2.45, 2.75) is 69.4 Å². The van der Waals surface area contributed by atoms with Crippen molar-refractivity contribution in [2.24, 2.45) is 5.73 Å². The van der Waals surface area contributed by atoms with Gasteiger partial charge in [0.1, 0.15) is 23.7 Å². The third kappa shape index (κ3) is 4.15. The molecule has 1 heterocycles. The van der Waals surface area contributed by atoms with Crippen molar-refractivity contribution in [3.05, 3.63) is 57.1 Å². The third-order valence-electron chi connectivity index (χ3n) is 8.00. The number of ether oxygens (including phenoxy) is 2. The summed E-state index contributed by atoms with van der Waals surface area (Å²) >= 11 is 0. The lowest BCUT2D eigenvalue weighted by Gasteiger charge is -2.42. The number of carbonyl (C=O) groups excluding carboxylic acids is 4. The number of nitrogens with two attached hydrogens (primary N) is 1. The zero-order valence-corrected chi connectivity index (χ0v) is 21.7. The number of aliphatic hydroxyl groups excluding tert-OH is 2. The van der Waals surface area contributed by atoms with Crippen molar-refractivity contribution in [3.8, 4) is 11.5 Å². The molecule has 12 heteroatoms. The molecule has 0 spiro atoms. The molecule has 0 saturated carbocycles. The molecule has 0 amide bonds. The van der Waals surface area contributed by atoms with Crippen LogP contribution in [0.25, 0.3) is 0 Å². The van der Waals surface area contributed by atoms with Gasteiger partial charge in [-0.05, 0) is 13.8 Å². The van der Waals surface area contributed by atoms with E-state index in [1.54, 1.807) is 6.92 Å². The minimum Gasteiger partial charge on any atom is -0.507 e. The van der Waals surface area contributed by atoms with Crippen LogP contribution in [0.15, 0.2) is 18.2 Å². The van der Waals surface area contributed by atoms with Gasteiger partial charge in [0.25, 0.3) is 0 Å². The third-order valence-corrected chi connectivity index (χ3v) is 8.00. The predicted octanol–water partition coefficient (Wildman–Crippen LogP) is 0.195. The summed E-state index contributed by atoms with van der Waals surface area (Å²) in [4.78, 5) is 52.1. The summed E-state index contributed by atoms with van der Waals surface area (Å²) in [6, 6.07) is 3.35. The number of aromatic hydroxyl groups is 2. The first-order valence-corrected chi connectivity index (χ1v) is 12.8. The van der Waals surface area contributed by atoms with E-state index in [-0.39, 0.29) is 34.2 Å². The van der Waals surface area contributed by atoms with Gasteiger partial charge in [0.15, 0.2) is 29.4 Å². The van der Waals surface area contributed by atoms with Crippen molar-refractivity contribution in [1.82, 2.24) is 0 Å². The van der Waals surface area contributed by atoms with Crippen molar-refractivity contribution in [2.75, 3.05) is 6.61 Å². The number of hydrogen-bond donors (Lipinski definition) is 6. The smallest absolute Gasteiger partial charge is 0.199 e. The lowest BCUT2D eigenvalue weighted by molar-refractivity contribution is -0.247. The normalized spacial score (nSPS) is 29.4. The number of aliphatic hydroxyl groups is 3. The average Bonchev–Trinajstić information content (AvgIpc) is 2.90. The van der Waals surface area contributed by atoms with Gasteiger partial charge in [0, 0.05) is 53.1 Å². The van der Waals surface area contributed by atoms with Crippen LogP contribution in [-0.4, -0.2) is 85.4 Å². The van der Waals surface area contributed by atoms with Gasteiger partial charge in [0.2, 0.25) is 0 Å². The van der Waals surface area contributed by atoms with Gasteiger partial charge in [-0.2, -0.15) is 0 Å². The van der Waals surface area contributed by atoms with E-state index in [9.17, 15) is 44.7 Å². The molecule has 1 fully saturated rings. The van der Waals surface area contributed by atoms with Gasteiger partial charge in [-0.15, -0.1) is 0 Å². The number of carbonyl (C=O) groups is 4. The number of fused-ring (bicyclic) bond motifs is 3. The highest BCUT2D eigenvalue weighted by molar-refractivity contribution is 6.32. The maximum atomic E-state index is 13.7. The standard InChI is InChI=1S/C28H29NO11/c1-10(31)12-4-3-5-13-19(12)26(36)22-21(24(13)34)25(35)14-7-28(38,17(32)9-30)8-16(20(14)27(22)37)40-18-6-15(29)23(33)11(2)39-18/h3-5,11,15-16,18,23,30,33,35,37-38H,6-9,29H2,1-2H3/t11?,15?,16-,18?,23?,28-/m0/s1. The van der Waals surface area contributed by atoms with Crippen molar-refractivity contribution in [3.63, 3.8) is 0 Å². The Labute approximate surface area is 227 Å². The van der Waals surface area contributed by atoms with Crippen LogP contribution < -0.4 is 5.73 Å². The summed E-state index contributed by atoms with van der Waals surface area (Å²) in [7, 11) is 0. The number of benzene rings is 2. The quantitative estimate of drug-likeness (QED) is 0.184. The summed E-state index contributed by atoms with van der Waals surface area (Å²) < 4.78 is 11.7. The Hall–Kier alpha value is -3.52. The Morgan fingerprint density at radius 2 is 1.80 bits per heavy atom. The summed E-state index contributed by atoms with van der Waals surface area (Å²) in [5.74, 6) is -4.66. The van der Waals surface area contributed by atoms with Crippen LogP contribution in [-0.2, 0) is 20.7 Å². The molecule has 212 valence electrons. The van der Waals surface area contributed by atoms with E-state index >= 15 is 0 Å². The highest BCUT2D eigenvalue weighted by Gasteiger charge is 2.50. The van der Waals surface area contributed by atoms with Crippen LogP contribution in [0.3, 0.4) is 0 Å². The van der Waals surface area contributed by atoms with Gasteiger partial charge in [-0.3, -0.25) is 19.2 Å². The molecule has 0 aromatic heterocycles.